The number of hydrogen-bond donors (Lipinski definition) is 1. The summed E-state index contributed by atoms with van der Waals surface area (Å²) in [5.74, 6) is 0.173. The van der Waals surface area contributed by atoms with Gasteiger partial charge in [-0.1, -0.05) is 53.5 Å². The van der Waals surface area contributed by atoms with E-state index < -0.39 is 17.6 Å². The van der Waals surface area contributed by atoms with E-state index in [0.717, 1.165) is 23.4 Å². The number of rotatable bonds is 6. The standard InChI is InChI=1S/C26H19Cl2F3N6O/c1-2-36-25(38)37-23(35-36)21(16-4-8-18(27)9-5-16)22(17-6-10-19(28)11-7-17)34-24(37)33-14-15-3-12-20(32-13-15)26(29,30)31/h3-13H,2,14H2,1H3,(H,33,34). The summed E-state index contributed by atoms with van der Waals surface area (Å²) in [6.07, 6.45) is -3.40. The molecule has 1 N–H and O–H groups in total. The van der Waals surface area contributed by atoms with Gasteiger partial charge in [0.25, 0.3) is 0 Å². The highest BCUT2D eigenvalue weighted by Crippen LogP contribution is 2.36. The number of benzene rings is 2. The van der Waals surface area contributed by atoms with Gasteiger partial charge in [0.05, 0.1) is 11.3 Å². The van der Waals surface area contributed by atoms with Crippen molar-refractivity contribution in [3.63, 3.8) is 0 Å². The highest BCUT2D eigenvalue weighted by Gasteiger charge is 2.32. The van der Waals surface area contributed by atoms with Gasteiger partial charge in [0.15, 0.2) is 5.65 Å². The van der Waals surface area contributed by atoms with E-state index in [0.29, 0.717) is 39.1 Å². The average Bonchev–Trinajstić information content (AvgIpc) is 3.24. The van der Waals surface area contributed by atoms with E-state index in [9.17, 15) is 18.0 Å². The molecule has 0 radical (unpaired) electrons. The highest BCUT2D eigenvalue weighted by molar-refractivity contribution is 6.31. The predicted molar refractivity (Wildman–Crippen MR) is 140 cm³/mol. The monoisotopic (exact) mass is 558 g/mol. The molecule has 0 amide bonds. The topological polar surface area (TPSA) is 77.1 Å². The zero-order valence-electron chi connectivity index (χ0n) is 19.8. The van der Waals surface area contributed by atoms with Crippen LogP contribution in [0.3, 0.4) is 0 Å². The molecule has 12 heteroatoms. The van der Waals surface area contributed by atoms with Gasteiger partial charge in [-0.05, 0) is 48.4 Å². The van der Waals surface area contributed by atoms with Crippen molar-refractivity contribution in [3.05, 3.63) is 98.6 Å². The van der Waals surface area contributed by atoms with Crippen LogP contribution in [0.15, 0.2) is 71.7 Å². The first-order chi connectivity index (χ1) is 18.2. The summed E-state index contributed by atoms with van der Waals surface area (Å²) in [6, 6.07) is 16.4. The van der Waals surface area contributed by atoms with Gasteiger partial charge in [0.1, 0.15) is 5.69 Å². The van der Waals surface area contributed by atoms with E-state index in [-0.39, 0.29) is 12.5 Å². The second-order valence-electron chi connectivity index (χ2n) is 8.33. The van der Waals surface area contributed by atoms with E-state index in [1.165, 1.54) is 15.1 Å². The molecule has 2 aromatic carbocycles. The molecule has 0 saturated carbocycles. The summed E-state index contributed by atoms with van der Waals surface area (Å²) in [4.78, 5) is 21.6. The molecule has 3 heterocycles. The summed E-state index contributed by atoms with van der Waals surface area (Å²) in [7, 11) is 0. The van der Waals surface area contributed by atoms with Crippen LogP contribution in [0.5, 0.6) is 0 Å². The number of aryl methyl sites for hydroxylation is 1. The number of halogens is 5. The van der Waals surface area contributed by atoms with Gasteiger partial charge in [-0.2, -0.15) is 13.2 Å². The lowest BCUT2D eigenvalue weighted by molar-refractivity contribution is -0.141. The summed E-state index contributed by atoms with van der Waals surface area (Å²) in [6.45, 7) is 2.18. The van der Waals surface area contributed by atoms with Crippen molar-refractivity contribution >= 4 is 34.8 Å². The Labute approximate surface area is 224 Å². The Balaban J connectivity index is 1.69. The number of fused-ring (bicyclic) bond motifs is 1. The third kappa shape index (κ3) is 4.97. The average molecular weight is 559 g/mol. The van der Waals surface area contributed by atoms with Crippen LogP contribution < -0.4 is 11.0 Å². The molecule has 38 heavy (non-hydrogen) atoms. The molecule has 7 nitrogen and oxygen atoms in total. The van der Waals surface area contributed by atoms with Crippen LogP contribution in [-0.4, -0.2) is 24.1 Å². The van der Waals surface area contributed by atoms with Gasteiger partial charge in [-0.15, -0.1) is 5.10 Å². The van der Waals surface area contributed by atoms with Crippen LogP contribution in [-0.2, 0) is 19.3 Å². The summed E-state index contributed by atoms with van der Waals surface area (Å²) in [5, 5.41) is 8.75. The fourth-order valence-electron chi connectivity index (χ4n) is 3.98. The van der Waals surface area contributed by atoms with Crippen molar-refractivity contribution in [1.82, 2.24) is 24.1 Å². The molecule has 0 saturated heterocycles. The largest absolute Gasteiger partial charge is 0.433 e. The molecule has 0 aliphatic heterocycles. The van der Waals surface area contributed by atoms with Gasteiger partial charge in [-0.25, -0.2) is 18.9 Å². The van der Waals surface area contributed by atoms with Crippen molar-refractivity contribution in [2.75, 3.05) is 5.32 Å². The Bertz CT molecular complexity index is 1660. The summed E-state index contributed by atoms with van der Waals surface area (Å²) < 4.78 is 41.4. The number of alkyl halides is 3. The lowest BCUT2D eigenvalue weighted by Crippen LogP contribution is -2.23. The number of hydrogen-bond acceptors (Lipinski definition) is 5. The van der Waals surface area contributed by atoms with Crippen molar-refractivity contribution in [3.8, 4) is 22.4 Å². The first kappa shape index (κ1) is 25.7. The third-order valence-corrected chi connectivity index (χ3v) is 6.35. The maximum atomic E-state index is 13.3. The normalized spacial score (nSPS) is 11.7. The molecule has 0 atom stereocenters. The first-order valence-corrected chi connectivity index (χ1v) is 12.2. The Kier molecular flexibility index (Phi) is 6.85. The van der Waals surface area contributed by atoms with Crippen molar-refractivity contribution < 1.29 is 13.2 Å². The Morgan fingerprint density at radius 1 is 0.921 bits per heavy atom. The SMILES string of the molecule is CCn1nc2c(-c3ccc(Cl)cc3)c(-c3ccc(Cl)cc3)nc(NCc3ccc(C(F)(F)F)nc3)n2c1=O. The number of aromatic nitrogens is 5. The van der Waals surface area contributed by atoms with E-state index in [4.69, 9.17) is 28.2 Å². The molecule has 194 valence electrons. The second kappa shape index (κ2) is 10.1. The molecule has 0 unspecified atom stereocenters. The van der Waals surface area contributed by atoms with E-state index in [1.807, 2.05) is 12.1 Å². The van der Waals surface area contributed by atoms with Crippen LogP contribution in [0, 0.1) is 0 Å². The van der Waals surface area contributed by atoms with Gasteiger partial charge in [0.2, 0.25) is 5.95 Å². The smallest absolute Gasteiger partial charge is 0.351 e. The number of anilines is 1. The number of nitrogens with zero attached hydrogens (tertiary/aromatic N) is 5. The summed E-state index contributed by atoms with van der Waals surface area (Å²) >= 11 is 12.2. The number of nitrogens with one attached hydrogen (secondary N) is 1. The molecule has 5 aromatic rings. The molecule has 0 fully saturated rings. The van der Waals surface area contributed by atoms with Crippen LogP contribution in [0.25, 0.3) is 28.0 Å². The lowest BCUT2D eigenvalue weighted by Gasteiger charge is -2.15. The molecular weight excluding hydrogens is 540 g/mol. The van der Waals surface area contributed by atoms with Crippen molar-refractivity contribution in [2.45, 2.75) is 26.2 Å². The molecular formula is C26H19Cl2F3N6O. The maximum Gasteiger partial charge on any atom is 0.433 e. The lowest BCUT2D eigenvalue weighted by atomic mass is 10.00. The molecule has 0 spiro atoms. The minimum absolute atomic E-state index is 0.0668. The third-order valence-electron chi connectivity index (χ3n) is 5.85. The first-order valence-electron chi connectivity index (χ1n) is 11.5. The van der Waals surface area contributed by atoms with E-state index in [2.05, 4.69) is 15.4 Å². The fourth-order valence-corrected chi connectivity index (χ4v) is 4.23. The summed E-state index contributed by atoms with van der Waals surface area (Å²) in [5.41, 5.74) is 2.02. The fraction of sp³-hybridized carbons (Fsp3) is 0.154. The zero-order valence-corrected chi connectivity index (χ0v) is 21.3. The van der Waals surface area contributed by atoms with E-state index in [1.54, 1.807) is 43.3 Å². The molecule has 0 bridgehead atoms. The predicted octanol–water partition coefficient (Wildman–Crippen LogP) is 6.58. The van der Waals surface area contributed by atoms with Crippen LogP contribution in [0.1, 0.15) is 18.2 Å². The van der Waals surface area contributed by atoms with E-state index >= 15 is 0 Å². The Hall–Kier alpha value is -3.89. The van der Waals surface area contributed by atoms with Gasteiger partial charge in [0, 0.05) is 34.9 Å². The second-order valence-corrected chi connectivity index (χ2v) is 9.21. The Morgan fingerprint density at radius 3 is 2.11 bits per heavy atom. The van der Waals surface area contributed by atoms with Crippen LogP contribution >= 0.6 is 23.2 Å². The maximum absolute atomic E-state index is 13.3. The van der Waals surface area contributed by atoms with Crippen molar-refractivity contribution in [1.29, 1.82) is 0 Å². The highest BCUT2D eigenvalue weighted by atomic mass is 35.5. The van der Waals surface area contributed by atoms with Gasteiger partial charge < -0.3 is 5.32 Å². The molecule has 3 aromatic heterocycles. The minimum Gasteiger partial charge on any atom is -0.351 e. The molecule has 5 rings (SSSR count). The minimum atomic E-state index is -4.54. The van der Waals surface area contributed by atoms with Crippen molar-refractivity contribution in [2.24, 2.45) is 0 Å². The zero-order chi connectivity index (χ0) is 27.0. The molecule has 0 aliphatic carbocycles. The van der Waals surface area contributed by atoms with Crippen LogP contribution in [0.2, 0.25) is 10.0 Å². The quantitative estimate of drug-likeness (QED) is 0.255. The van der Waals surface area contributed by atoms with Crippen LogP contribution in [0.4, 0.5) is 19.1 Å². The number of pyridine rings is 1. The van der Waals surface area contributed by atoms with Gasteiger partial charge in [-0.3, -0.25) is 4.98 Å². The Morgan fingerprint density at radius 2 is 1.55 bits per heavy atom. The van der Waals surface area contributed by atoms with Gasteiger partial charge >= 0.3 is 11.9 Å². The molecule has 0 aliphatic rings.